The van der Waals surface area contributed by atoms with Crippen LogP contribution in [0.4, 0.5) is 0 Å². The van der Waals surface area contributed by atoms with E-state index < -0.39 is 0 Å². The van der Waals surface area contributed by atoms with Gasteiger partial charge >= 0.3 is 0 Å². The van der Waals surface area contributed by atoms with Crippen LogP contribution < -0.4 is 11.1 Å². The molecule has 1 heterocycles. The highest BCUT2D eigenvalue weighted by molar-refractivity contribution is 4.81. The minimum absolute atomic E-state index is 0.0923. The van der Waals surface area contributed by atoms with Crippen molar-refractivity contribution < 1.29 is 4.74 Å². The fourth-order valence-corrected chi connectivity index (χ4v) is 1.59. The Balaban J connectivity index is 2.11. The van der Waals surface area contributed by atoms with Gasteiger partial charge in [0.15, 0.2) is 0 Å². The molecule has 0 aromatic heterocycles. The molecule has 1 aliphatic rings. The molecular formula is C9H20N2O. The average Bonchev–Trinajstić information content (AvgIpc) is 2.31. The van der Waals surface area contributed by atoms with Gasteiger partial charge in [0.25, 0.3) is 0 Å². The van der Waals surface area contributed by atoms with Crippen LogP contribution in [0.15, 0.2) is 0 Å². The zero-order valence-corrected chi connectivity index (χ0v) is 8.10. The van der Waals surface area contributed by atoms with E-state index in [0.717, 1.165) is 13.1 Å². The Labute approximate surface area is 74.7 Å². The van der Waals surface area contributed by atoms with Crippen LogP contribution in [0, 0.1) is 0 Å². The van der Waals surface area contributed by atoms with Crippen molar-refractivity contribution in [3.05, 3.63) is 0 Å². The molecule has 0 radical (unpaired) electrons. The number of nitrogens with one attached hydrogen (secondary N) is 1. The Morgan fingerprint density at radius 2 is 2.33 bits per heavy atom. The molecule has 1 unspecified atom stereocenters. The fraction of sp³-hybridized carbons (Fsp3) is 1.00. The number of hydrogen-bond acceptors (Lipinski definition) is 3. The SMILES string of the molecule is CC1(C)CCC(CNCCN)O1. The predicted molar refractivity (Wildman–Crippen MR) is 50.1 cm³/mol. The van der Waals surface area contributed by atoms with Gasteiger partial charge in [-0.2, -0.15) is 0 Å². The van der Waals surface area contributed by atoms with Gasteiger partial charge in [0.1, 0.15) is 0 Å². The zero-order chi connectivity index (χ0) is 9.03. The monoisotopic (exact) mass is 172 g/mol. The van der Waals surface area contributed by atoms with Crippen molar-refractivity contribution in [2.24, 2.45) is 5.73 Å². The van der Waals surface area contributed by atoms with Crippen LogP contribution in [0.3, 0.4) is 0 Å². The molecule has 12 heavy (non-hydrogen) atoms. The van der Waals surface area contributed by atoms with Crippen LogP contribution in [-0.4, -0.2) is 31.3 Å². The van der Waals surface area contributed by atoms with E-state index in [0.29, 0.717) is 12.6 Å². The number of nitrogens with two attached hydrogens (primary N) is 1. The van der Waals surface area contributed by atoms with Gasteiger partial charge in [0.2, 0.25) is 0 Å². The summed E-state index contributed by atoms with van der Waals surface area (Å²) in [7, 11) is 0. The number of hydrogen-bond donors (Lipinski definition) is 2. The van der Waals surface area contributed by atoms with E-state index in [-0.39, 0.29) is 5.60 Å². The van der Waals surface area contributed by atoms with E-state index in [4.69, 9.17) is 10.5 Å². The van der Waals surface area contributed by atoms with Crippen LogP contribution in [-0.2, 0) is 4.74 Å². The fourth-order valence-electron chi connectivity index (χ4n) is 1.59. The standard InChI is InChI=1S/C9H20N2O/c1-9(2)4-3-8(12-9)7-11-6-5-10/h8,11H,3-7,10H2,1-2H3. The average molecular weight is 172 g/mol. The summed E-state index contributed by atoms with van der Waals surface area (Å²) in [6.07, 6.45) is 2.73. The summed E-state index contributed by atoms with van der Waals surface area (Å²) >= 11 is 0. The van der Waals surface area contributed by atoms with Crippen LogP contribution in [0.5, 0.6) is 0 Å². The molecule has 0 spiro atoms. The Bertz CT molecular complexity index is 136. The molecule has 3 N–H and O–H groups in total. The number of ether oxygens (including phenoxy) is 1. The maximum absolute atomic E-state index is 5.79. The molecule has 1 aliphatic heterocycles. The van der Waals surface area contributed by atoms with E-state index in [9.17, 15) is 0 Å². The van der Waals surface area contributed by atoms with Crippen LogP contribution >= 0.6 is 0 Å². The highest BCUT2D eigenvalue weighted by Crippen LogP contribution is 2.28. The first kappa shape index (κ1) is 9.96. The highest BCUT2D eigenvalue weighted by Gasteiger charge is 2.30. The first-order valence-corrected chi connectivity index (χ1v) is 4.73. The van der Waals surface area contributed by atoms with E-state index in [1.807, 2.05) is 0 Å². The van der Waals surface area contributed by atoms with Gasteiger partial charge in [0.05, 0.1) is 11.7 Å². The molecule has 1 fully saturated rings. The summed E-state index contributed by atoms with van der Waals surface area (Å²) in [4.78, 5) is 0. The molecule has 1 saturated heterocycles. The lowest BCUT2D eigenvalue weighted by molar-refractivity contribution is -0.0140. The minimum atomic E-state index is 0.0923. The van der Waals surface area contributed by atoms with Crippen molar-refractivity contribution in [1.29, 1.82) is 0 Å². The summed E-state index contributed by atoms with van der Waals surface area (Å²) < 4.78 is 5.79. The lowest BCUT2D eigenvalue weighted by Crippen LogP contribution is -2.32. The van der Waals surface area contributed by atoms with Crippen molar-refractivity contribution in [2.45, 2.75) is 38.4 Å². The molecule has 3 nitrogen and oxygen atoms in total. The summed E-state index contributed by atoms with van der Waals surface area (Å²) in [5, 5.41) is 3.26. The number of rotatable bonds is 4. The summed E-state index contributed by atoms with van der Waals surface area (Å²) in [6.45, 7) is 6.84. The molecule has 3 heteroatoms. The third-order valence-corrected chi connectivity index (χ3v) is 2.25. The normalized spacial score (nSPS) is 27.8. The van der Waals surface area contributed by atoms with Crippen molar-refractivity contribution in [2.75, 3.05) is 19.6 Å². The molecular weight excluding hydrogens is 152 g/mol. The highest BCUT2D eigenvalue weighted by atomic mass is 16.5. The van der Waals surface area contributed by atoms with Gasteiger partial charge in [-0.3, -0.25) is 0 Å². The second-order valence-electron chi connectivity index (χ2n) is 4.03. The van der Waals surface area contributed by atoms with E-state index in [2.05, 4.69) is 19.2 Å². The van der Waals surface area contributed by atoms with Gasteiger partial charge in [0, 0.05) is 19.6 Å². The Kier molecular flexibility index (Phi) is 3.50. The van der Waals surface area contributed by atoms with Crippen molar-refractivity contribution in [3.8, 4) is 0 Å². The molecule has 0 aliphatic carbocycles. The van der Waals surface area contributed by atoms with Crippen molar-refractivity contribution >= 4 is 0 Å². The molecule has 0 amide bonds. The van der Waals surface area contributed by atoms with Crippen LogP contribution in [0.25, 0.3) is 0 Å². The summed E-state index contributed by atoms with van der Waals surface area (Å²) in [6, 6.07) is 0. The maximum Gasteiger partial charge on any atom is 0.0707 e. The largest absolute Gasteiger partial charge is 0.371 e. The van der Waals surface area contributed by atoms with Gasteiger partial charge in [-0.25, -0.2) is 0 Å². The quantitative estimate of drug-likeness (QED) is 0.607. The third-order valence-electron chi connectivity index (χ3n) is 2.25. The summed E-state index contributed by atoms with van der Waals surface area (Å²) in [5.41, 5.74) is 5.46. The van der Waals surface area contributed by atoms with Gasteiger partial charge in [-0.05, 0) is 26.7 Å². The molecule has 1 rings (SSSR count). The molecule has 0 aromatic rings. The second-order valence-corrected chi connectivity index (χ2v) is 4.03. The molecule has 0 saturated carbocycles. The Morgan fingerprint density at radius 3 is 2.83 bits per heavy atom. The van der Waals surface area contributed by atoms with Crippen molar-refractivity contribution in [3.63, 3.8) is 0 Å². The Morgan fingerprint density at radius 1 is 1.58 bits per heavy atom. The van der Waals surface area contributed by atoms with Gasteiger partial charge in [-0.15, -0.1) is 0 Å². The minimum Gasteiger partial charge on any atom is -0.371 e. The molecule has 72 valence electrons. The van der Waals surface area contributed by atoms with E-state index >= 15 is 0 Å². The lowest BCUT2D eigenvalue weighted by atomic mass is 10.1. The topological polar surface area (TPSA) is 47.3 Å². The Hall–Kier alpha value is -0.120. The lowest BCUT2D eigenvalue weighted by Gasteiger charge is -2.19. The molecule has 0 aromatic carbocycles. The first-order valence-electron chi connectivity index (χ1n) is 4.73. The van der Waals surface area contributed by atoms with Crippen LogP contribution in [0.1, 0.15) is 26.7 Å². The van der Waals surface area contributed by atoms with Gasteiger partial charge < -0.3 is 15.8 Å². The zero-order valence-electron chi connectivity index (χ0n) is 8.10. The summed E-state index contributed by atoms with van der Waals surface area (Å²) in [5.74, 6) is 0. The smallest absolute Gasteiger partial charge is 0.0707 e. The van der Waals surface area contributed by atoms with Crippen LogP contribution in [0.2, 0.25) is 0 Å². The third kappa shape index (κ3) is 3.09. The first-order chi connectivity index (χ1) is 5.64. The van der Waals surface area contributed by atoms with E-state index in [1.54, 1.807) is 0 Å². The molecule has 0 bridgehead atoms. The molecule has 1 atom stereocenters. The van der Waals surface area contributed by atoms with Crippen molar-refractivity contribution in [1.82, 2.24) is 5.32 Å². The predicted octanol–water partition coefficient (Wildman–Crippen LogP) is 0.492. The maximum atomic E-state index is 5.79. The van der Waals surface area contributed by atoms with E-state index in [1.165, 1.54) is 12.8 Å². The second kappa shape index (κ2) is 4.21. The van der Waals surface area contributed by atoms with Gasteiger partial charge in [-0.1, -0.05) is 0 Å².